The highest BCUT2D eigenvalue weighted by Crippen LogP contribution is 2.27. The molecule has 0 N–H and O–H groups in total. The van der Waals surface area contributed by atoms with Gasteiger partial charge in [0.05, 0.1) is 18.8 Å². The van der Waals surface area contributed by atoms with Crippen molar-refractivity contribution in [1.29, 1.82) is 0 Å². The second-order valence-electron chi connectivity index (χ2n) is 4.60. The van der Waals surface area contributed by atoms with E-state index < -0.39 is 12.1 Å². The number of carbonyl (C=O) groups excluding carboxylic acids is 1. The fraction of sp³-hybridized carbons (Fsp3) is 0.750. The van der Waals surface area contributed by atoms with Gasteiger partial charge in [-0.2, -0.15) is 4.37 Å². The van der Waals surface area contributed by atoms with Gasteiger partial charge in [0.2, 0.25) is 5.82 Å². The molecule has 1 aliphatic rings. The first-order valence-electron chi connectivity index (χ1n) is 6.70. The maximum atomic E-state index is 11.4. The summed E-state index contributed by atoms with van der Waals surface area (Å²) in [5, 5.41) is 0. The molecule has 8 heteroatoms. The molecule has 1 aromatic heterocycles. The van der Waals surface area contributed by atoms with Gasteiger partial charge in [-0.05, 0) is 13.5 Å². The molecule has 1 aromatic rings. The first-order chi connectivity index (χ1) is 9.65. The normalized spacial score (nSPS) is 17.9. The molecule has 1 unspecified atom stereocenters. The molecule has 0 bridgehead atoms. The van der Waals surface area contributed by atoms with Crippen LogP contribution in [-0.2, 0) is 9.53 Å². The lowest BCUT2D eigenvalue weighted by Gasteiger charge is -2.34. The SMILES string of the molecule is CCN1CCN(c2nsnc2OC(C)C(=O)OC)CC1. The van der Waals surface area contributed by atoms with Crippen molar-refractivity contribution in [1.82, 2.24) is 13.6 Å². The molecular formula is C12H20N4O3S. The van der Waals surface area contributed by atoms with Crippen molar-refractivity contribution in [3.05, 3.63) is 0 Å². The number of ether oxygens (including phenoxy) is 2. The Morgan fingerprint density at radius 3 is 2.65 bits per heavy atom. The molecule has 2 heterocycles. The van der Waals surface area contributed by atoms with Crippen LogP contribution in [0.5, 0.6) is 5.88 Å². The lowest BCUT2D eigenvalue weighted by molar-refractivity contribution is -0.148. The summed E-state index contributed by atoms with van der Waals surface area (Å²) in [7, 11) is 1.34. The number of anilines is 1. The van der Waals surface area contributed by atoms with Gasteiger partial charge in [-0.1, -0.05) is 6.92 Å². The molecule has 112 valence electrons. The maximum Gasteiger partial charge on any atom is 0.346 e. The van der Waals surface area contributed by atoms with Crippen molar-refractivity contribution in [2.75, 3.05) is 44.7 Å². The van der Waals surface area contributed by atoms with Gasteiger partial charge in [0.1, 0.15) is 0 Å². The van der Waals surface area contributed by atoms with E-state index in [1.807, 2.05) is 0 Å². The van der Waals surface area contributed by atoms with Crippen LogP contribution in [0.25, 0.3) is 0 Å². The average molecular weight is 300 g/mol. The quantitative estimate of drug-likeness (QED) is 0.738. The van der Waals surface area contributed by atoms with Gasteiger partial charge in [-0.15, -0.1) is 4.37 Å². The third kappa shape index (κ3) is 3.37. The highest BCUT2D eigenvalue weighted by atomic mass is 32.1. The van der Waals surface area contributed by atoms with Crippen LogP contribution in [0.1, 0.15) is 13.8 Å². The Hall–Kier alpha value is -1.41. The van der Waals surface area contributed by atoms with Gasteiger partial charge in [0, 0.05) is 26.2 Å². The molecule has 7 nitrogen and oxygen atoms in total. The molecule has 1 saturated heterocycles. The summed E-state index contributed by atoms with van der Waals surface area (Å²) in [6, 6.07) is 0. The van der Waals surface area contributed by atoms with E-state index in [4.69, 9.17) is 4.74 Å². The molecule has 1 fully saturated rings. The van der Waals surface area contributed by atoms with E-state index in [1.165, 1.54) is 7.11 Å². The third-order valence-electron chi connectivity index (χ3n) is 3.38. The zero-order valence-electron chi connectivity index (χ0n) is 12.0. The lowest BCUT2D eigenvalue weighted by Crippen LogP contribution is -2.46. The van der Waals surface area contributed by atoms with Gasteiger partial charge in [-0.3, -0.25) is 0 Å². The number of hydrogen-bond donors (Lipinski definition) is 0. The molecule has 0 radical (unpaired) electrons. The molecule has 2 rings (SSSR count). The number of piperazine rings is 1. The standard InChI is InChI=1S/C12H20N4O3S/c1-4-15-5-7-16(8-6-15)10-11(14-20-13-10)19-9(2)12(17)18-3/h9H,4-8H2,1-3H3. The summed E-state index contributed by atoms with van der Waals surface area (Å²) < 4.78 is 18.6. The van der Waals surface area contributed by atoms with E-state index in [-0.39, 0.29) is 0 Å². The largest absolute Gasteiger partial charge is 0.466 e. The zero-order chi connectivity index (χ0) is 14.5. The summed E-state index contributed by atoms with van der Waals surface area (Å²) in [4.78, 5) is 15.9. The Kier molecular flexibility index (Phi) is 5.13. The minimum atomic E-state index is -0.681. The number of hydrogen-bond acceptors (Lipinski definition) is 8. The number of rotatable bonds is 5. The van der Waals surface area contributed by atoms with Crippen molar-refractivity contribution in [3.8, 4) is 5.88 Å². The van der Waals surface area contributed by atoms with Crippen molar-refractivity contribution < 1.29 is 14.3 Å². The van der Waals surface area contributed by atoms with Crippen molar-refractivity contribution in [2.45, 2.75) is 20.0 Å². The minimum Gasteiger partial charge on any atom is -0.466 e. The molecular weight excluding hydrogens is 280 g/mol. The molecule has 1 aliphatic heterocycles. The fourth-order valence-electron chi connectivity index (χ4n) is 2.10. The predicted octanol–water partition coefficient (Wildman–Crippen LogP) is 0.620. The van der Waals surface area contributed by atoms with Crippen molar-refractivity contribution >= 4 is 23.5 Å². The highest BCUT2D eigenvalue weighted by molar-refractivity contribution is 6.99. The van der Waals surface area contributed by atoms with Crippen LogP contribution in [-0.4, -0.2) is 65.6 Å². The van der Waals surface area contributed by atoms with E-state index >= 15 is 0 Å². The molecule has 0 spiro atoms. The van der Waals surface area contributed by atoms with Crippen LogP contribution >= 0.6 is 11.7 Å². The third-order valence-corrected chi connectivity index (χ3v) is 3.88. The summed E-state index contributed by atoms with van der Waals surface area (Å²) in [6.45, 7) is 8.65. The van der Waals surface area contributed by atoms with E-state index in [1.54, 1.807) is 6.92 Å². The number of likely N-dealkylation sites (N-methyl/N-ethyl adjacent to an activating group) is 1. The maximum absolute atomic E-state index is 11.4. The number of esters is 1. The summed E-state index contributed by atoms with van der Waals surface area (Å²) in [5.74, 6) is 0.721. The Bertz CT molecular complexity index is 446. The van der Waals surface area contributed by atoms with E-state index in [0.717, 1.165) is 50.3 Å². The summed E-state index contributed by atoms with van der Waals surface area (Å²) in [5.41, 5.74) is 0. The average Bonchev–Trinajstić information content (AvgIpc) is 2.94. The van der Waals surface area contributed by atoms with Gasteiger partial charge in [0.15, 0.2) is 6.10 Å². The van der Waals surface area contributed by atoms with Gasteiger partial charge >= 0.3 is 5.97 Å². The van der Waals surface area contributed by atoms with E-state index in [9.17, 15) is 4.79 Å². The molecule has 0 saturated carbocycles. The predicted molar refractivity (Wildman–Crippen MR) is 76.3 cm³/mol. The Labute approximate surface area is 122 Å². The van der Waals surface area contributed by atoms with Crippen molar-refractivity contribution in [2.24, 2.45) is 0 Å². The molecule has 0 aliphatic carbocycles. The van der Waals surface area contributed by atoms with Crippen LogP contribution in [0.4, 0.5) is 5.82 Å². The molecule has 0 amide bonds. The minimum absolute atomic E-state index is 0.415. The highest BCUT2D eigenvalue weighted by Gasteiger charge is 2.25. The van der Waals surface area contributed by atoms with Gasteiger partial charge < -0.3 is 19.3 Å². The Morgan fingerprint density at radius 1 is 1.35 bits per heavy atom. The van der Waals surface area contributed by atoms with Crippen LogP contribution in [0.3, 0.4) is 0 Å². The van der Waals surface area contributed by atoms with Crippen LogP contribution in [0.15, 0.2) is 0 Å². The fourth-order valence-corrected chi connectivity index (χ4v) is 2.61. The first kappa shape index (κ1) is 15.0. The van der Waals surface area contributed by atoms with Gasteiger partial charge in [0.25, 0.3) is 5.88 Å². The second kappa shape index (κ2) is 6.85. The van der Waals surface area contributed by atoms with Crippen LogP contribution in [0.2, 0.25) is 0 Å². The van der Waals surface area contributed by atoms with Crippen LogP contribution in [0, 0.1) is 0 Å². The smallest absolute Gasteiger partial charge is 0.346 e. The van der Waals surface area contributed by atoms with Crippen molar-refractivity contribution in [3.63, 3.8) is 0 Å². The second-order valence-corrected chi connectivity index (χ2v) is 5.13. The molecule has 1 atom stereocenters. The monoisotopic (exact) mass is 300 g/mol. The first-order valence-corrected chi connectivity index (χ1v) is 7.43. The molecule has 20 heavy (non-hydrogen) atoms. The summed E-state index contributed by atoms with van der Waals surface area (Å²) in [6.07, 6.45) is -0.681. The molecule has 0 aromatic carbocycles. The van der Waals surface area contributed by atoms with Crippen LogP contribution < -0.4 is 9.64 Å². The van der Waals surface area contributed by atoms with Gasteiger partial charge in [-0.25, -0.2) is 4.79 Å². The number of methoxy groups -OCH3 is 1. The zero-order valence-corrected chi connectivity index (χ0v) is 12.9. The lowest BCUT2D eigenvalue weighted by atomic mass is 10.3. The summed E-state index contributed by atoms with van der Waals surface area (Å²) >= 11 is 1.10. The Balaban J connectivity index is 2.00. The van der Waals surface area contributed by atoms with E-state index in [0.29, 0.717) is 5.88 Å². The number of aromatic nitrogens is 2. The van der Waals surface area contributed by atoms with E-state index in [2.05, 4.69) is 30.2 Å². The number of nitrogens with zero attached hydrogens (tertiary/aromatic N) is 4. The number of carbonyl (C=O) groups is 1. The topological polar surface area (TPSA) is 67.8 Å². The Morgan fingerprint density at radius 2 is 2.05 bits per heavy atom.